The van der Waals surface area contributed by atoms with E-state index in [4.69, 9.17) is 12.2 Å². The summed E-state index contributed by atoms with van der Waals surface area (Å²) in [6.45, 7) is 6.07. The molecule has 0 radical (unpaired) electrons. The average molecular weight is 241 g/mol. The van der Waals surface area contributed by atoms with Crippen molar-refractivity contribution in [3.8, 4) is 0 Å². The molecule has 1 rings (SSSR count). The van der Waals surface area contributed by atoms with Crippen LogP contribution >= 0.6 is 12.2 Å². The second kappa shape index (κ2) is 7.16. The summed E-state index contributed by atoms with van der Waals surface area (Å²) in [4.78, 5) is 4.05. The van der Waals surface area contributed by atoms with Gasteiger partial charge in [0, 0.05) is 19.5 Å². The van der Waals surface area contributed by atoms with Crippen LogP contribution in [0, 0.1) is 5.92 Å². The number of nitrogens with zero attached hydrogens (tertiary/aromatic N) is 2. The number of thiocarbonyl (C=S) groups is 1. The molecule has 90 valence electrons. The summed E-state index contributed by atoms with van der Waals surface area (Å²) in [5.41, 5.74) is 0. The van der Waals surface area contributed by atoms with Crippen molar-refractivity contribution in [2.45, 2.75) is 26.7 Å². The predicted molar refractivity (Wildman–Crippen MR) is 68.1 cm³/mol. The van der Waals surface area contributed by atoms with Crippen molar-refractivity contribution < 1.29 is 0 Å². The molecule has 0 atom stereocenters. The molecule has 0 bridgehead atoms. The molecule has 3 N–H and O–H groups in total. The molecule has 6 heteroatoms. The van der Waals surface area contributed by atoms with Crippen LogP contribution in [0.2, 0.25) is 0 Å². The van der Waals surface area contributed by atoms with E-state index in [-0.39, 0.29) is 0 Å². The van der Waals surface area contributed by atoms with E-state index >= 15 is 0 Å². The number of aryl methyl sites for hydroxylation is 1. The van der Waals surface area contributed by atoms with Crippen LogP contribution < -0.4 is 10.6 Å². The average Bonchev–Trinajstić information content (AvgIpc) is 2.74. The molecule has 0 spiro atoms. The van der Waals surface area contributed by atoms with Crippen molar-refractivity contribution in [1.82, 2.24) is 25.8 Å². The van der Waals surface area contributed by atoms with Crippen LogP contribution in [0.5, 0.6) is 0 Å². The van der Waals surface area contributed by atoms with Gasteiger partial charge in [-0.15, -0.1) is 0 Å². The molecule has 1 heterocycles. The van der Waals surface area contributed by atoms with E-state index in [1.165, 1.54) is 6.33 Å². The Hall–Kier alpha value is -1.17. The third-order valence-electron chi connectivity index (χ3n) is 2.01. The van der Waals surface area contributed by atoms with Crippen molar-refractivity contribution >= 4 is 17.3 Å². The quantitative estimate of drug-likeness (QED) is 0.509. The van der Waals surface area contributed by atoms with Gasteiger partial charge in [-0.05, 0) is 24.6 Å². The van der Waals surface area contributed by atoms with E-state index in [2.05, 4.69) is 39.7 Å². The summed E-state index contributed by atoms with van der Waals surface area (Å²) in [5.74, 6) is 1.52. The molecule has 5 nitrogen and oxygen atoms in total. The van der Waals surface area contributed by atoms with Crippen LogP contribution in [0.25, 0.3) is 0 Å². The minimum atomic E-state index is 0.606. The van der Waals surface area contributed by atoms with E-state index in [1.807, 2.05) is 0 Å². The SMILES string of the molecule is CC(C)CNC(=S)NCCCc1ncn[nH]1. The first-order valence-electron chi connectivity index (χ1n) is 5.54. The summed E-state index contributed by atoms with van der Waals surface area (Å²) in [7, 11) is 0. The Morgan fingerprint density at radius 1 is 1.50 bits per heavy atom. The number of H-pyrrole nitrogens is 1. The Balaban J connectivity index is 2.00. The van der Waals surface area contributed by atoms with E-state index < -0.39 is 0 Å². The molecule has 1 aromatic rings. The Bertz CT molecular complexity index is 296. The minimum absolute atomic E-state index is 0.606. The fourth-order valence-corrected chi connectivity index (χ4v) is 1.35. The molecule has 0 saturated carbocycles. The highest BCUT2D eigenvalue weighted by atomic mass is 32.1. The molecule has 0 fully saturated rings. The standard InChI is InChI=1S/C10H19N5S/c1-8(2)6-12-10(16)11-5-3-4-9-13-7-14-15-9/h7-8H,3-6H2,1-2H3,(H2,11,12,16)(H,13,14,15). The number of hydrogen-bond acceptors (Lipinski definition) is 3. The summed E-state index contributed by atoms with van der Waals surface area (Å²) in [6, 6.07) is 0. The monoisotopic (exact) mass is 241 g/mol. The van der Waals surface area contributed by atoms with Crippen LogP contribution in [0.15, 0.2) is 6.33 Å². The van der Waals surface area contributed by atoms with E-state index in [1.54, 1.807) is 0 Å². The maximum Gasteiger partial charge on any atom is 0.166 e. The van der Waals surface area contributed by atoms with Gasteiger partial charge < -0.3 is 10.6 Å². The zero-order valence-corrected chi connectivity index (χ0v) is 10.6. The molecule has 16 heavy (non-hydrogen) atoms. The first-order valence-corrected chi connectivity index (χ1v) is 5.95. The van der Waals surface area contributed by atoms with Gasteiger partial charge >= 0.3 is 0 Å². The highest BCUT2D eigenvalue weighted by Crippen LogP contribution is 1.91. The van der Waals surface area contributed by atoms with Crippen LogP contribution in [-0.2, 0) is 6.42 Å². The highest BCUT2D eigenvalue weighted by Gasteiger charge is 1.98. The zero-order valence-electron chi connectivity index (χ0n) is 9.79. The molecular weight excluding hydrogens is 222 g/mol. The van der Waals surface area contributed by atoms with Gasteiger partial charge in [0.15, 0.2) is 5.11 Å². The third-order valence-corrected chi connectivity index (χ3v) is 2.30. The Morgan fingerprint density at radius 3 is 2.94 bits per heavy atom. The van der Waals surface area contributed by atoms with Gasteiger partial charge in [-0.1, -0.05) is 13.8 Å². The number of aromatic amines is 1. The van der Waals surface area contributed by atoms with Gasteiger partial charge in [0.05, 0.1) is 0 Å². The second-order valence-corrected chi connectivity index (χ2v) is 4.47. The van der Waals surface area contributed by atoms with Gasteiger partial charge in [-0.25, -0.2) is 4.98 Å². The van der Waals surface area contributed by atoms with Crippen LogP contribution in [0.1, 0.15) is 26.1 Å². The van der Waals surface area contributed by atoms with Gasteiger partial charge in [-0.2, -0.15) is 5.10 Å². The number of aromatic nitrogens is 3. The maximum atomic E-state index is 5.13. The number of hydrogen-bond donors (Lipinski definition) is 3. The van der Waals surface area contributed by atoms with Gasteiger partial charge in [0.25, 0.3) is 0 Å². The lowest BCUT2D eigenvalue weighted by Crippen LogP contribution is -2.37. The predicted octanol–water partition coefficient (Wildman–Crippen LogP) is 0.857. The molecule has 0 aliphatic heterocycles. The molecule has 0 aromatic carbocycles. The van der Waals surface area contributed by atoms with Crippen LogP contribution in [-0.4, -0.2) is 33.4 Å². The molecule has 0 saturated heterocycles. The Labute approximate surface area is 101 Å². The normalized spacial score (nSPS) is 10.4. The molecular formula is C10H19N5S. The summed E-state index contributed by atoms with van der Waals surface area (Å²) in [5, 5.41) is 13.7. The lowest BCUT2D eigenvalue weighted by atomic mass is 10.2. The van der Waals surface area contributed by atoms with Crippen molar-refractivity contribution in [3.63, 3.8) is 0 Å². The van der Waals surface area contributed by atoms with Gasteiger partial charge in [-0.3, -0.25) is 5.10 Å². The van der Waals surface area contributed by atoms with Crippen molar-refractivity contribution in [2.24, 2.45) is 5.92 Å². The smallest absolute Gasteiger partial charge is 0.166 e. The number of rotatable bonds is 6. The van der Waals surface area contributed by atoms with Crippen molar-refractivity contribution in [3.05, 3.63) is 12.2 Å². The highest BCUT2D eigenvalue weighted by molar-refractivity contribution is 7.80. The second-order valence-electron chi connectivity index (χ2n) is 4.07. The van der Waals surface area contributed by atoms with E-state index in [0.29, 0.717) is 5.92 Å². The number of nitrogens with one attached hydrogen (secondary N) is 3. The lowest BCUT2D eigenvalue weighted by molar-refractivity contribution is 0.617. The summed E-state index contributed by atoms with van der Waals surface area (Å²) < 4.78 is 0. The van der Waals surface area contributed by atoms with Crippen LogP contribution in [0.3, 0.4) is 0 Å². The Kier molecular flexibility index (Phi) is 5.77. The molecule has 0 aliphatic carbocycles. The van der Waals surface area contributed by atoms with Crippen molar-refractivity contribution in [2.75, 3.05) is 13.1 Å². The lowest BCUT2D eigenvalue weighted by Gasteiger charge is -2.11. The summed E-state index contributed by atoms with van der Waals surface area (Å²) >= 11 is 5.13. The maximum absolute atomic E-state index is 5.13. The molecule has 0 aliphatic rings. The van der Waals surface area contributed by atoms with Gasteiger partial charge in [0.1, 0.15) is 12.2 Å². The van der Waals surface area contributed by atoms with Crippen molar-refractivity contribution in [1.29, 1.82) is 0 Å². The molecule has 0 amide bonds. The van der Waals surface area contributed by atoms with E-state index in [9.17, 15) is 0 Å². The van der Waals surface area contributed by atoms with Gasteiger partial charge in [0.2, 0.25) is 0 Å². The zero-order chi connectivity index (χ0) is 11.8. The fourth-order valence-electron chi connectivity index (χ4n) is 1.17. The van der Waals surface area contributed by atoms with Crippen LogP contribution in [0.4, 0.5) is 0 Å². The van der Waals surface area contributed by atoms with E-state index in [0.717, 1.165) is 36.9 Å². The minimum Gasteiger partial charge on any atom is -0.363 e. The third kappa shape index (κ3) is 5.65. The Morgan fingerprint density at radius 2 is 2.31 bits per heavy atom. The topological polar surface area (TPSA) is 65.6 Å². The first kappa shape index (κ1) is 12.9. The fraction of sp³-hybridized carbons (Fsp3) is 0.700. The first-order chi connectivity index (χ1) is 7.68. The summed E-state index contributed by atoms with van der Waals surface area (Å²) in [6.07, 6.45) is 3.40. The molecule has 1 aromatic heterocycles. The molecule has 0 unspecified atom stereocenters. The largest absolute Gasteiger partial charge is 0.363 e.